The fraction of sp³-hybridized carbons (Fsp3) is 1.00. The Morgan fingerprint density at radius 2 is 0.256 bits per heavy atom. The van der Waals surface area contributed by atoms with Crippen molar-refractivity contribution < 1.29 is 111 Å². The minimum absolute atomic E-state index is 0. The van der Waals surface area contributed by atoms with Gasteiger partial charge in [0.25, 0.3) is 0 Å². The van der Waals surface area contributed by atoms with Gasteiger partial charge in [-0.15, -0.1) is 0 Å². The summed E-state index contributed by atoms with van der Waals surface area (Å²) < 4.78 is 229. The van der Waals surface area contributed by atoms with Gasteiger partial charge in [-0.1, -0.05) is 135 Å². The molecule has 7 aliphatic carbocycles. The van der Waals surface area contributed by atoms with Crippen LogP contribution in [-0.4, -0.2) is 133 Å². The van der Waals surface area contributed by atoms with Crippen molar-refractivity contribution in [1.29, 1.82) is 0 Å². The molecule has 7 rings (SSSR count). The Kier molecular flexibility index (Phi) is 40.0. The van der Waals surface area contributed by atoms with Crippen LogP contribution in [0.25, 0.3) is 0 Å². The molecular weight excluding hydrogens is 1260 g/mol. The third kappa shape index (κ3) is 51.4. The standard InChI is InChI=1S/7C6H13NO3S.Tc/c7*8-11(9,10)7-6-4-2-1-3-5-6;/h7*6-7H,1-5H2,(H,8,9,10);/q;;;;;;;+7/p-7. The molecule has 36 heteroatoms. The maximum Gasteiger partial charge on any atom is 7.00 e. The predicted molar refractivity (Wildman–Crippen MR) is 278 cm³/mol. The van der Waals surface area contributed by atoms with E-state index in [4.69, 9.17) is 0 Å². The molecule has 0 aromatic heterocycles. The van der Waals surface area contributed by atoms with Gasteiger partial charge in [0.2, 0.25) is 0 Å². The van der Waals surface area contributed by atoms with Crippen molar-refractivity contribution in [3.05, 3.63) is 0 Å². The second-order valence-electron chi connectivity index (χ2n) is 20.3. The van der Waals surface area contributed by atoms with Gasteiger partial charge >= 0.3 is 20.1 Å². The molecule has 0 amide bonds. The molecule has 0 saturated heterocycles. The van der Waals surface area contributed by atoms with E-state index in [2.05, 4.69) is 33.1 Å². The number of rotatable bonds is 14. The average Bonchev–Trinajstić information content (AvgIpc) is 3.29. The molecule has 7 fully saturated rings. The molecule has 78 heavy (non-hydrogen) atoms. The van der Waals surface area contributed by atoms with Crippen molar-refractivity contribution in [3.8, 4) is 0 Å². The Labute approximate surface area is 479 Å². The first-order valence-electron chi connectivity index (χ1n) is 26.7. The SMILES string of the molecule is O=S(=O)([O-])NC1CCCCC1.O=S(=O)([O-])NC1CCCCC1.O=S(=O)([O-])NC1CCCCC1.O=S(=O)([O-])NC1CCCCC1.O=S(=O)([O-])NC1CCCCC1.O=S(=O)([O-])NC1CCCCC1.O=S(=O)([O-])NC1CCCCC1.[Tc+7]. The van der Waals surface area contributed by atoms with E-state index in [0.717, 1.165) is 225 Å². The van der Waals surface area contributed by atoms with Gasteiger partial charge in [-0.05, 0) is 89.9 Å². The number of hydrogen-bond acceptors (Lipinski definition) is 21. The minimum atomic E-state index is -4.22. The quantitative estimate of drug-likeness (QED) is 0.123. The van der Waals surface area contributed by atoms with Gasteiger partial charge in [0.1, 0.15) is 0 Å². The Balaban J connectivity index is 0.000000885. The summed E-state index contributed by atoms with van der Waals surface area (Å²) in [6, 6.07) is -0.737. The second-order valence-corrected chi connectivity index (χ2v) is 28.4. The van der Waals surface area contributed by atoms with Crippen molar-refractivity contribution in [2.75, 3.05) is 0 Å². The zero-order valence-corrected chi connectivity index (χ0v) is 51.7. The fourth-order valence-corrected chi connectivity index (χ4v) is 14.5. The maximum atomic E-state index is 10.2. The van der Waals surface area contributed by atoms with Crippen molar-refractivity contribution in [1.82, 2.24) is 33.1 Å². The second kappa shape index (κ2) is 40.1. The van der Waals surface area contributed by atoms with E-state index >= 15 is 0 Å². The maximum absolute atomic E-state index is 10.2. The molecule has 0 atom stereocenters. The van der Waals surface area contributed by atoms with Crippen LogP contribution in [0.4, 0.5) is 0 Å². The van der Waals surface area contributed by atoms with Crippen LogP contribution in [0.15, 0.2) is 0 Å². The molecule has 0 unspecified atom stereocenters. The van der Waals surface area contributed by atoms with Gasteiger partial charge in [0, 0.05) is 42.3 Å². The van der Waals surface area contributed by atoms with E-state index in [1.807, 2.05) is 0 Å². The van der Waals surface area contributed by atoms with Crippen molar-refractivity contribution in [2.45, 2.75) is 267 Å². The third-order valence-electron chi connectivity index (χ3n) is 13.4. The van der Waals surface area contributed by atoms with Crippen LogP contribution in [0.2, 0.25) is 0 Å². The smallest absolute Gasteiger partial charge is 0.735 e. The first-order chi connectivity index (χ1) is 35.5. The molecule has 0 aromatic carbocycles. The summed E-state index contributed by atoms with van der Waals surface area (Å²) in [6.45, 7) is 0. The first-order valence-corrected chi connectivity index (χ1v) is 36.5. The van der Waals surface area contributed by atoms with Gasteiger partial charge in [0.05, 0.1) is 0 Å². The Morgan fingerprint density at radius 3 is 0.321 bits per heavy atom. The third-order valence-corrected chi connectivity index (χ3v) is 17.8. The largest absolute Gasteiger partial charge is 7.00 e. The first kappa shape index (κ1) is 77.7. The van der Waals surface area contributed by atoms with E-state index in [9.17, 15) is 90.8 Å². The summed E-state index contributed by atoms with van der Waals surface area (Å²) in [5.74, 6) is 0. The molecular formula is C42H84N7O21S7Tc. The molecule has 462 valence electrons. The molecule has 0 aliphatic heterocycles. The minimum Gasteiger partial charge on any atom is -0.735 e. The molecule has 0 aromatic rings. The van der Waals surface area contributed by atoms with E-state index in [-0.39, 0.29) is 62.4 Å². The summed E-state index contributed by atoms with van der Waals surface area (Å²) >= 11 is 0. The number of nitrogens with one attached hydrogen (secondary N) is 7. The Morgan fingerprint density at radius 1 is 0.179 bits per heavy atom. The summed E-state index contributed by atoms with van der Waals surface area (Å²) in [5, 5.41) is 0. The van der Waals surface area contributed by atoms with Gasteiger partial charge in [0.15, 0.2) is 72.1 Å². The summed E-state index contributed by atoms with van der Waals surface area (Å²) in [7, 11) is -29.6. The molecule has 28 nitrogen and oxygen atoms in total. The zero-order chi connectivity index (χ0) is 58.2. The van der Waals surface area contributed by atoms with Crippen molar-refractivity contribution in [2.24, 2.45) is 0 Å². The Bertz CT molecular complexity index is 1920. The molecule has 7 aliphatic rings. The van der Waals surface area contributed by atoms with Crippen LogP contribution in [-0.2, 0) is 92.2 Å². The van der Waals surface area contributed by atoms with Gasteiger partial charge in [-0.3, -0.25) is 0 Å². The van der Waals surface area contributed by atoms with E-state index < -0.39 is 72.1 Å². The fourth-order valence-electron chi connectivity index (χ4n) is 9.97. The van der Waals surface area contributed by atoms with Gasteiger partial charge in [-0.2, -0.15) is 0 Å². The number of hydrogen-bond donors (Lipinski definition) is 7. The zero-order valence-electron chi connectivity index (χ0n) is 44.1. The van der Waals surface area contributed by atoms with Crippen LogP contribution in [0.5, 0.6) is 0 Å². The molecule has 0 radical (unpaired) electrons. The molecule has 0 heterocycles. The van der Waals surface area contributed by atoms with Crippen LogP contribution in [0.3, 0.4) is 0 Å². The predicted octanol–water partition coefficient (Wildman–Crippen LogP) is 2.58. The average molecular weight is 1350 g/mol. The summed E-state index contributed by atoms with van der Waals surface area (Å²) in [6.07, 6.45) is 33.6. The van der Waals surface area contributed by atoms with E-state index in [0.29, 0.717) is 0 Å². The molecule has 7 saturated carbocycles. The van der Waals surface area contributed by atoms with Crippen molar-refractivity contribution in [3.63, 3.8) is 0 Å². The van der Waals surface area contributed by atoms with Crippen molar-refractivity contribution >= 4 is 72.1 Å². The van der Waals surface area contributed by atoms with Crippen LogP contribution in [0.1, 0.15) is 225 Å². The van der Waals surface area contributed by atoms with Gasteiger partial charge in [-0.25, -0.2) is 92.0 Å². The monoisotopic (exact) mass is 1340 g/mol. The normalized spacial score (nSPS) is 21.6. The van der Waals surface area contributed by atoms with Gasteiger partial charge < -0.3 is 31.9 Å². The van der Waals surface area contributed by atoms with Crippen LogP contribution < -0.4 is 33.1 Å². The Hall–Kier alpha value is -0.261. The summed E-state index contributed by atoms with van der Waals surface area (Å²) in [4.78, 5) is 0. The molecule has 0 spiro atoms. The molecule has 7 N–H and O–H groups in total. The van der Waals surface area contributed by atoms with E-state index in [1.165, 1.54) is 0 Å². The van der Waals surface area contributed by atoms with Crippen LogP contribution in [0, 0.1) is 0 Å². The van der Waals surface area contributed by atoms with E-state index in [1.54, 1.807) is 0 Å². The van der Waals surface area contributed by atoms with Crippen LogP contribution >= 0.6 is 0 Å². The topological polar surface area (TPSA) is 485 Å². The molecule has 0 bridgehead atoms. The summed E-state index contributed by atoms with van der Waals surface area (Å²) in [5.41, 5.74) is 0.